The first-order valence-electron chi connectivity index (χ1n) is 11.3. The Morgan fingerprint density at radius 2 is 1.65 bits per heavy atom. The summed E-state index contributed by atoms with van der Waals surface area (Å²) in [6.07, 6.45) is -2.01. The van der Waals surface area contributed by atoms with Gasteiger partial charge < -0.3 is 30.0 Å². The van der Waals surface area contributed by atoms with Gasteiger partial charge in [-0.15, -0.1) is 0 Å². The number of benzene rings is 1. The third-order valence-corrected chi connectivity index (χ3v) is 7.39. The molecule has 194 valence electrons. The summed E-state index contributed by atoms with van der Waals surface area (Å²) in [5.74, 6) is -1.45. The molecule has 37 heavy (non-hydrogen) atoms. The fraction of sp³-hybridized carbons (Fsp3) is 0.250. The van der Waals surface area contributed by atoms with Crippen LogP contribution in [0.4, 0.5) is 4.79 Å². The number of amides is 3. The summed E-state index contributed by atoms with van der Waals surface area (Å²) in [5, 5.41) is 15.4. The van der Waals surface area contributed by atoms with Crippen LogP contribution in [0, 0.1) is 0 Å². The molecule has 0 radical (unpaired) electrons. The number of carbonyl (C=O) groups is 3. The van der Waals surface area contributed by atoms with Gasteiger partial charge in [0.15, 0.2) is 0 Å². The molecule has 1 aromatic carbocycles. The largest absolute Gasteiger partial charge is 0.465 e. The summed E-state index contributed by atoms with van der Waals surface area (Å²) < 4.78 is 11.8. The minimum Gasteiger partial charge on any atom is -0.465 e. The lowest BCUT2D eigenvalue weighted by Gasteiger charge is -2.35. The summed E-state index contributed by atoms with van der Waals surface area (Å²) in [5.41, 5.74) is 2.88. The minimum absolute atomic E-state index is 0.0123. The molecule has 3 aromatic rings. The molecule has 0 aliphatic carbocycles. The van der Waals surface area contributed by atoms with Crippen molar-refractivity contribution in [2.24, 2.45) is 0 Å². The molecule has 4 rings (SSSR count). The first-order valence-corrected chi connectivity index (χ1v) is 14.1. The van der Waals surface area contributed by atoms with Gasteiger partial charge in [0, 0.05) is 31.7 Å². The highest BCUT2D eigenvalue weighted by Gasteiger charge is 2.34. The van der Waals surface area contributed by atoms with E-state index in [0.717, 1.165) is 21.6 Å². The Kier molecular flexibility index (Phi) is 8.03. The van der Waals surface area contributed by atoms with Crippen LogP contribution in [-0.2, 0) is 9.36 Å². The van der Waals surface area contributed by atoms with E-state index in [1.54, 1.807) is 6.07 Å². The molecule has 1 aliphatic rings. The van der Waals surface area contributed by atoms with E-state index >= 15 is 0 Å². The van der Waals surface area contributed by atoms with Gasteiger partial charge in [0.1, 0.15) is 11.7 Å². The summed E-state index contributed by atoms with van der Waals surface area (Å²) >= 11 is 1.49. The average molecular weight is 545 g/mol. The molecular weight excluding hydrogens is 519 g/mol. The Bertz CT molecular complexity index is 1320. The highest BCUT2D eigenvalue weighted by atomic mass is 32.1. The van der Waals surface area contributed by atoms with Crippen LogP contribution in [0.15, 0.2) is 59.3 Å². The van der Waals surface area contributed by atoms with Crippen molar-refractivity contribution in [3.8, 4) is 22.4 Å². The van der Waals surface area contributed by atoms with Crippen LogP contribution in [0.1, 0.15) is 10.5 Å². The van der Waals surface area contributed by atoms with Crippen molar-refractivity contribution in [2.75, 3.05) is 32.3 Å². The number of thiophene rings is 1. The van der Waals surface area contributed by atoms with Gasteiger partial charge >= 0.3 is 13.7 Å². The molecule has 1 saturated heterocycles. The van der Waals surface area contributed by atoms with Gasteiger partial charge in [0.25, 0.3) is 5.91 Å². The highest BCUT2D eigenvalue weighted by Crippen LogP contribution is 2.35. The molecule has 1 atom stereocenters. The Morgan fingerprint density at radius 3 is 2.24 bits per heavy atom. The number of aromatic nitrogens is 1. The quantitative estimate of drug-likeness (QED) is 0.330. The van der Waals surface area contributed by atoms with Crippen molar-refractivity contribution in [1.82, 2.24) is 20.1 Å². The normalized spacial score (nSPS) is 14.8. The molecule has 3 amide bonds. The fourth-order valence-electron chi connectivity index (χ4n) is 3.99. The third-order valence-electron chi connectivity index (χ3n) is 5.87. The predicted octanol–water partition coefficient (Wildman–Crippen LogP) is 2.58. The molecule has 0 saturated carbocycles. The molecule has 1 aliphatic heterocycles. The SMILES string of the molecule is O=C(NC(CP(=O)(O)O)C(=O)N1CCN(C(=O)O)CC1)c1cc(-c2ccsc2)cc(-c2ccccc2)n1. The molecule has 3 heterocycles. The average Bonchev–Trinajstić information content (AvgIpc) is 3.42. The number of piperazine rings is 1. The maximum absolute atomic E-state index is 13.3. The second kappa shape index (κ2) is 11.2. The van der Waals surface area contributed by atoms with E-state index in [9.17, 15) is 28.7 Å². The Morgan fingerprint density at radius 1 is 0.973 bits per heavy atom. The topological polar surface area (TPSA) is 160 Å². The van der Waals surface area contributed by atoms with Gasteiger partial charge in [-0.25, -0.2) is 9.78 Å². The lowest BCUT2D eigenvalue weighted by molar-refractivity contribution is -0.134. The molecular formula is C24H25N4O7PS. The number of nitrogens with zero attached hydrogens (tertiary/aromatic N) is 3. The second-order valence-electron chi connectivity index (χ2n) is 8.47. The van der Waals surface area contributed by atoms with E-state index in [-0.39, 0.29) is 31.9 Å². The van der Waals surface area contributed by atoms with Crippen molar-refractivity contribution in [1.29, 1.82) is 0 Å². The first-order chi connectivity index (χ1) is 17.6. The zero-order chi connectivity index (χ0) is 26.6. The number of pyridine rings is 1. The molecule has 1 fully saturated rings. The zero-order valence-electron chi connectivity index (χ0n) is 19.6. The second-order valence-corrected chi connectivity index (χ2v) is 10.9. The lowest BCUT2D eigenvalue weighted by Crippen LogP contribution is -2.56. The van der Waals surface area contributed by atoms with Gasteiger partial charge in [0.05, 0.1) is 11.9 Å². The van der Waals surface area contributed by atoms with E-state index in [1.807, 2.05) is 53.2 Å². The molecule has 0 bridgehead atoms. The zero-order valence-corrected chi connectivity index (χ0v) is 21.3. The lowest BCUT2D eigenvalue weighted by atomic mass is 10.0. The van der Waals surface area contributed by atoms with Crippen LogP contribution in [-0.4, -0.2) is 86.0 Å². The molecule has 0 spiro atoms. The maximum atomic E-state index is 13.3. The van der Waals surface area contributed by atoms with Crippen molar-refractivity contribution < 1.29 is 33.8 Å². The van der Waals surface area contributed by atoms with Crippen LogP contribution in [0.3, 0.4) is 0 Å². The number of carboxylic acid groups (broad SMARTS) is 1. The summed E-state index contributed by atoms with van der Waals surface area (Å²) in [6, 6.07) is 13.0. The van der Waals surface area contributed by atoms with Gasteiger partial charge in [-0.1, -0.05) is 30.3 Å². The monoisotopic (exact) mass is 544 g/mol. The summed E-state index contributed by atoms with van der Waals surface area (Å²) in [6.45, 7) is 0.204. The summed E-state index contributed by atoms with van der Waals surface area (Å²) in [4.78, 5) is 63.7. The van der Waals surface area contributed by atoms with Gasteiger partial charge in [0.2, 0.25) is 5.91 Å². The van der Waals surface area contributed by atoms with E-state index in [2.05, 4.69) is 10.3 Å². The smallest absolute Gasteiger partial charge is 0.407 e. The molecule has 2 aromatic heterocycles. The number of hydrogen-bond donors (Lipinski definition) is 4. The molecule has 4 N–H and O–H groups in total. The van der Waals surface area contributed by atoms with E-state index < -0.39 is 37.7 Å². The molecule has 1 unspecified atom stereocenters. The summed E-state index contributed by atoms with van der Waals surface area (Å²) in [7, 11) is -4.69. The number of rotatable bonds is 7. The van der Waals surface area contributed by atoms with Crippen molar-refractivity contribution >= 4 is 36.8 Å². The first kappa shape index (κ1) is 26.5. The fourth-order valence-corrected chi connectivity index (χ4v) is 5.38. The molecule has 13 heteroatoms. The van der Waals surface area contributed by atoms with E-state index in [1.165, 1.54) is 16.2 Å². The van der Waals surface area contributed by atoms with Gasteiger partial charge in [-0.3, -0.25) is 14.2 Å². The van der Waals surface area contributed by atoms with Crippen molar-refractivity contribution in [3.63, 3.8) is 0 Å². The molecule has 11 nitrogen and oxygen atoms in total. The van der Waals surface area contributed by atoms with Crippen LogP contribution in [0.2, 0.25) is 0 Å². The standard InChI is InChI=1S/C24H25N4O7PS/c29-22(26-21(14-36(33,34)35)23(30)27-7-9-28(10-8-27)24(31)32)20-13-18(17-6-11-37-15-17)12-19(25-20)16-4-2-1-3-5-16/h1-6,11-13,15,21H,7-10,14H2,(H,26,29)(H,31,32)(H2,33,34,35). The highest BCUT2D eigenvalue weighted by molar-refractivity contribution is 7.51. The van der Waals surface area contributed by atoms with E-state index in [0.29, 0.717) is 5.69 Å². The van der Waals surface area contributed by atoms with Gasteiger partial charge in [-0.2, -0.15) is 11.3 Å². The van der Waals surface area contributed by atoms with Crippen molar-refractivity contribution in [3.05, 3.63) is 65.0 Å². The van der Waals surface area contributed by atoms with Crippen LogP contribution in [0.5, 0.6) is 0 Å². The third kappa shape index (κ3) is 6.80. The van der Waals surface area contributed by atoms with Crippen LogP contribution < -0.4 is 5.32 Å². The van der Waals surface area contributed by atoms with Gasteiger partial charge in [-0.05, 0) is 40.1 Å². The minimum atomic E-state index is -4.69. The Labute approximate surface area is 216 Å². The predicted molar refractivity (Wildman–Crippen MR) is 137 cm³/mol. The Hall–Kier alpha value is -3.57. The Balaban J connectivity index is 1.61. The number of nitrogens with one attached hydrogen (secondary N) is 1. The number of carbonyl (C=O) groups excluding carboxylic acids is 2. The van der Waals surface area contributed by atoms with Crippen LogP contribution >= 0.6 is 18.9 Å². The maximum Gasteiger partial charge on any atom is 0.407 e. The van der Waals surface area contributed by atoms with Crippen molar-refractivity contribution in [2.45, 2.75) is 6.04 Å². The number of hydrogen-bond acceptors (Lipinski definition) is 6. The van der Waals surface area contributed by atoms with E-state index in [4.69, 9.17) is 5.11 Å². The van der Waals surface area contributed by atoms with Crippen LogP contribution in [0.25, 0.3) is 22.4 Å².